The number of primary amides is 1. The van der Waals surface area contributed by atoms with Gasteiger partial charge in [-0.15, -0.1) is 0 Å². The second kappa shape index (κ2) is 7.53. The highest BCUT2D eigenvalue weighted by Gasteiger charge is 2.18. The van der Waals surface area contributed by atoms with Crippen molar-refractivity contribution in [1.29, 1.82) is 0 Å². The first-order valence-electron chi connectivity index (χ1n) is 8.66. The highest BCUT2D eigenvalue weighted by molar-refractivity contribution is 6.08. The van der Waals surface area contributed by atoms with Crippen molar-refractivity contribution >= 4 is 28.2 Å². The average molecular weight is 365 g/mol. The zero-order chi connectivity index (χ0) is 19.6. The molecule has 3 rings (SSSR count). The SMILES string of the molecule is COc1cc2ncc(C(N)=O)c(Nc3ccccc3C(C)C)c2cc1OC. The second-order valence-electron chi connectivity index (χ2n) is 6.50. The summed E-state index contributed by atoms with van der Waals surface area (Å²) in [6.07, 6.45) is 1.48. The molecule has 0 aliphatic carbocycles. The summed E-state index contributed by atoms with van der Waals surface area (Å²) in [6.45, 7) is 4.24. The number of ether oxygens (including phenoxy) is 2. The number of aromatic nitrogens is 1. The third-order valence-electron chi connectivity index (χ3n) is 4.48. The number of carbonyl (C=O) groups excluding carboxylic acids is 1. The molecule has 3 aromatic rings. The maximum absolute atomic E-state index is 12.0. The molecule has 0 fully saturated rings. The molecule has 0 aliphatic rings. The molecule has 0 spiro atoms. The van der Waals surface area contributed by atoms with Crippen molar-refractivity contribution in [2.75, 3.05) is 19.5 Å². The van der Waals surface area contributed by atoms with Crippen LogP contribution in [-0.2, 0) is 0 Å². The van der Waals surface area contributed by atoms with E-state index in [1.54, 1.807) is 26.4 Å². The van der Waals surface area contributed by atoms with Crippen LogP contribution in [0.4, 0.5) is 11.4 Å². The predicted molar refractivity (Wildman–Crippen MR) is 107 cm³/mol. The summed E-state index contributed by atoms with van der Waals surface area (Å²) in [6, 6.07) is 11.6. The number of fused-ring (bicyclic) bond motifs is 1. The predicted octanol–water partition coefficient (Wildman–Crippen LogP) is 4.22. The molecular formula is C21H23N3O3. The number of pyridine rings is 1. The van der Waals surface area contributed by atoms with Crippen molar-refractivity contribution < 1.29 is 14.3 Å². The first-order chi connectivity index (χ1) is 13.0. The van der Waals surface area contributed by atoms with Gasteiger partial charge in [0.05, 0.1) is 31.0 Å². The lowest BCUT2D eigenvalue weighted by Crippen LogP contribution is -2.14. The van der Waals surface area contributed by atoms with Gasteiger partial charge in [-0.2, -0.15) is 0 Å². The summed E-state index contributed by atoms with van der Waals surface area (Å²) in [4.78, 5) is 16.4. The van der Waals surface area contributed by atoms with Gasteiger partial charge in [0.15, 0.2) is 11.5 Å². The van der Waals surface area contributed by atoms with Crippen molar-refractivity contribution in [2.45, 2.75) is 19.8 Å². The Morgan fingerprint density at radius 3 is 2.41 bits per heavy atom. The van der Waals surface area contributed by atoms with Crippen LogP contribution >= 0.6 is 0 Å². The molecule has 140 valence electrons. The smallest absolute Gasteiger partial charge is 0.252 e. The normalized spacial score (nSPS) is 10.9. The highest BCUT2D eigenvalue weighted by Crippen LogP contribution is 2.38. The van der Waals surface area contributed by atoms with Gasteiger partial charge in [0.1, 0.15) is 0 Å². The molecule has 0 atom stereocenters. The van der Waals surface area contributed by atoms with Crippen LogP contribution in [0.5, 0.6) is 11.5 Å². The summed E-state index contributed by atoms with van der Waals surface area (Å²) in [5, 5.41) is 4.12. The minimum absolute atomic E-state index is 0.313. The molecule has 0 radical (unpaired) electrons. The van der Waals surface area contributed by atoms with Crippen LogP contribution in [0.1, 0.15) is 35.7 Å². The van der Waals surface area contributed by atoms with Gasteiger partial charge in [-0.1, -0.05) is 32.0 Å². The van der Waals surface area contributed by atoms with Crippen molar-refractivity contribution in [3.8, 4) is 11.5 Å². The molecule has 6 heteroatoms. The molecule has 0 bridgehead atoms. The van der Waals surface area contributed by atoms with Gasteiger partial charge in [-0.3, -0.25) is 9.78 Å². The third-order valence-corrected chi connectivity index (χ3v) is 4.48. The Labute approximate surface area is 158 Å². The van der Waals surface area contributed by atoms with Crippen LogP contribution in [-0.4, -0.2) is 25.1 Å². The van der Waals surface area contributed by atoms with E-state index in [0.717, 1.165) is 16.6 Å². The van der Waals surface area contributed by atoms with Crippen LogP contribution in [0.25, 0.3) is 10.9 Å². The van der Waals surface area contributed by atoms with Crippen molar-refractivity contribution in [3.05, 3.63) is 53.7 Å². The lowest BCUT2D eigenvalue weighted by atomic mass is 10.00. The molecule has 2 aromatic carbocycles. The summed E-state index contributed by atoms with van der Waals surface area (Å²) in [7, 11) is 3.13. The van der Waals surface area contributed by atoms with Crippen LogP contribution in [0.2, 0.25) is 0 Å². The number of hydrogen-bond acceptors (Lipinski definition) is 5. The van der Waals surface area contributed by atoms with E-state index in [2.05, 4.69) is 30.2 Å². The van der Waals surface area contributed by atoms with E-state index in [1.807, 2.05) is 18.2 Å². The molecule has 0 saturated carbocycles. The standard InChI is InChI=1S/C21H23N3O3/c1-12(2)13-7-5-6-8-16(13)24-20-14-9-18(26-3)19(27-4)10-17(14)23-11-15(20)21(22)25/h5-12H,1-4H3,(H2,22,25)(H,23,24). The first kappa shape index (κ1) is 18.5. The zero-order valence-corrected chi connectivity index (χ0v) is 15.9. The van der Waals surface area contributed by atoms with Crippen molar-refractivity contribution in [3.63, 3.8) is 0 Å². The average Bonchev–Trinajstić information content (AvgIpc) is 2.67. The van der Waals surface area contributed by atoms with Crippen LogP contribution in [0.15, 0.2) is 42.6 Å². The highest BCUT2D eigenvalue weighted by atomic mass is 16.5. The number of nitrogens with one attached hydrogen (secondary N) is 1. The number of anilines is 2. The fourth-order valence-corrected chi connectivity index (χ4v) is 3.09. The maximum Gasteiger partial charge on any atom is 0.252 e. The molecule has 1 amide bonds. The van der Waals surface area contributed by atoms with Gasteiger partial charge in [-0.05, 0) is 23.6 Å². The summed E-state index contributed by atoms with van der Waals surface area (Å²) in [5.41, 5.74) is 9.24. The van der Waals surface area contributed by atoms with Gasteiger partial charge >= 0.3 is 0 Å². The van der Waals surface area contributed by atoms with Gasteiger partial charge in [0, 0.05) is 23.3 Å². The van der Waals surface area contributed by atoms with E-state index < -0.39 is 5.91 Å². The van der Waals surface area contributed by atoms with Crippen molar-refractivity contribution in [2.24, 2.45) is 5.73 Å². The Morgan fingerprint density at radius 2 is 1.78 bits per heavy atom. The Bertz CT molecular complexity index is 999. The topological polar surface area (TPSA) is 86.5 Å². The number of rotatable bonds is 6. The number of para-hydroxylation sites is 1. The monoisotopic (exact) mass is 365 g/mol. The Morgan fingerprint density at radius 1 is 1.11 bits per heavy atom. The number of carbonyl (C=O) groups is 1. The number of methoxy groups -OCH3 is 2. The van der Waals surface area contributed by atoms with Gasteiger partial charge < -0.3 is 20.5 Å². The molecule has 0 saturated heterocycles. The summed E-state index contributed by atoms with van der Waals surface area (Å²) < 4.78 is 10.8. The van der Waals surface area contributed by atoms with E-state index in [4.69, 9.17) is 15.2 Å². The van der Waals surface area contributed by atoms with Crippen molar-refractivity contribution in [1.82, 2.24) is 4.98 Å². The molecule has 0 unspecified atom stereocenters. The minimum atomic E-state index is -0.552. The van der Waals surface area contributed by atoms with Gasteiger partial charge in [0.2, 0.25) is 0 Å². The molecular weight excluding hydrogens is 342 g/mol. The van der Waals surface area contributed by atoms with E-state index in [-0.39, 0.29) is 0 Å². The Hall–Kier alpha value is -3.28. The largest absolute Gasteiger partial charge is 0.493 e. The van der Waals surface area contributed by atoms with Crippen LogP contribution < -0.4 is 20.5 Å². The lowest BCUT2D eigenvalue weighted by molar-refractivity contribution is 0.100. The van der Waals surface area contributed by atoms with E-state index >= 15 is 0 Å². The number of nitrogens with zero attached hydrogens (tertiary/aromatic N) is 1. The molecule has 0 aliphatic heterocycles. The first-order valence-corrected chi connectivity index (χ1v) is 8.66. The molecule has 1 aromatic heterocycles. The van der Waals surface area contributed by atoms with E-state index in [1.165, 1.54) is 6.20 Å². The van der Waals surface area contributed by atoms with E-state index in [9.17, 15) is 4.79 Å². The van der Waals surface area contributed by atoms with Crippen LogP contribution in [0.3, 0.4) is 0 Å². The van der Waals surface area contributed by atoms with Gasteiger partial charge in [0.25, 0.3) is 5.91 Å². The minimum Gasteiger partial charge on any atom is -0.493 e. The number of amides is 1. The third kappa shape index (κ3) is 3.51. The maximum atomic E-state index is 12.0. The second-order valence-corrected chi connectivity index (χ2v) is 6.50. The Kier molecular flexibility index (Phi) is 5.16. The number of nitrogens with two attached hydrogens (primary N) is 1. The fraction of sp³-hybridized carbons (Fsp3) is 0.238. The summed E-state index contributed by atoms with van der Waals surface area (Å²) >= 11 is 0. The quantitative estimate of drug-likeness (QED) is 0.683. The lowest BCUT2D eigenvalue weighted by Gasteiger charge is -2.18. The molecule has 27 heavy (non-hydrogen) atoms. The van der Waals surface area contributed by atoms with E-state index in [0.29, 0.717) is 34.2 Å². The summed E-state index contributed by atoms with van der Waals surface area (Å²) in [5.74, 6) is 0.878. The number of benzene rings is 2. The zero-order valence-electron chi connectivity index (χ0n) is 15.9. The van der Waals surface area contributed by atoms with Gasteiger partial charge in [-0.25, -0.2) is 0 Å². The molecule has 3 N–H and O–H groups in total. The Balaban J connectivity index is 2.26. The number of hydrogen-bond donors (Lipinski definition) is 2. The molecule has 6 nitrogen and oxygen atoms in total. The van der Waals surface area contributed by atoms with Crippen LogP contribution in [0, 0.1) is 0 Å². The molecule has 1 heterocycles. The fourth-order valence-electron chi connectivity index (χ4n) is 3.09.